The van der Waals surface area contributed by atoms with Crippen LogP contribution >= 0.6 is 0 Å². The fraction of sp³-hybridized carbons (Fsp3) is 0.600. The van der Waals surface area contributed by atoms with Crippen molar-refractivity contribution in [2.75, 3.05) is 20.2 Å². The summed E-state index contributed by atoms with van der Waals surface area (Å²) in [6, 6.07) is 0. The molecule has 1 aromatic heterocycles. The monoisotopic (exact) mass is 209 g/mol. The highest BCUT2D eigenvalue weighted by Crippen LogP contribution is 2.24. The largest absolute Gasteiger partial charge is 0.375 e. The zero-order valence-electron chi connectivity index (χ0n) is 9.23. The third-order valence-electron chi connectivity index (χ3n) is 2.84. The van der Waals surface area contributed by atoms with E-state index >= 15 is 0 Å². The summed E-state index contributed by atoms with van der Waals surface area (Å²) in [6.45, 7) is 3.26. The van der Waals surface area contributed by atoms with Crippen LogP contribution in [0, 0.1) is 0 Å². The molecule has 1 fully saturated rings. The SMILES string of the molecule is COC1(C)CN(C(=O)c2nccn2C)C1. The zero-order valence-corrected chi connectivity index (χ0v) is 9.23. The van der Waals surface area contributed by atoms with Crippen molar-refractivity contribution in [1.82, 2.24) is 14.5 Å². The summed E-state index contributed by atoms with van der Waals surface area (Å²) in [6.07, 6.45) is 3.39. The number of imidazole rings is 1. The number of hydrogen-bond donors (Lipinski definition) is 0. The molecule has 0 saturated carbocycles. The van der Waals surface area contributed by atoms with Crippen molar-refractivity contribution in [2.24, 2.45) is 7.05 Å². The Bertz CT molecular complexity index is 380. The highest BCUT2D eigenvalue weighted by atomic mass is 16.5. The van der Waals surface area contributed by atoms with E-state index in [1.54, 1.807) is 29.0 Å². The molecule has 0 N–H and O–H groups in total. The molecule has 1 saturated heterocycles. The standard InChI is InChI=1S/C10H15N3O2/c1-10(15-3)6-13(7-10)9(14)8-11-4-5-12(8)2/h4-5H,6-7H2,1-3H3. The minimum absolute atomic E-state index is 0.0305. The number of nitrogens with zero attached hydrogens (tertiary/aromatic N) is 3. The number of rotatable bonds is 2. The molecule has 15 heavy (non-hydrogen) atoms. The number of aromatic nitrogens is 2. The van der Waals surface area contributed by atoms with Crippen molar-refractivity contribution in [2.45, 2.75) is 12.5 Å². The lowest BCUT2D eigenvalue weighted by Crippen LogP contribution is -2.62. The number of likely N-dealkylation sites (tertiary alicyclic amines) is 1. The topological polar surface area (TPSA) is 47.4 Å². The van der Waals surface area contributed by atoms with Gasteiger partial charge in [0.1, 0.15) is 5.60 Å². The maximum atomic E-state index is 11.9. The van der Waals surface area contributed by atoms with Gasteiger partial charge in [-0.1, -0.05) is 0 Å². The third kappa shape index (κ3) is 1.63. The average Bonchev–Trinajstić information content (AvgIpc) is 2.58. The molecular weight excluding hydrogens is 194 g/mol. The number of ether oxygens (including phenoxy) is 1. The van der Waals surface area contributed by atoms with Crippen molar-refractivity contribution >= 4 is 5.91 Å². The molecule has 2 heterocycles. The van der Waals surface area contributed by atoms with E-state index in [1.807, 2.05) is 14.0 Å². The van der Waals surface area contributed by atoms with Gasteiger partial charge in [-0.05, 0) is 6.92 Å². The van der Waals surface area contributed by atoms with E-state index in [0.29, 0.717) is 18.9 Å². The van der Waals surface area contributed by atoms with Crippen LogP contribution < -0.4 is 0 Å². The van der Waals surface area contributed by atoms with Gasteiger partial charge in [-0.15, -0.1) is 0 Å². The van der Waals surface area contributed by atoms with Gasteiger partial charge in [0.25, 0.3) is 5.91 Å². The highest BCUT2D eigenvalue weighted by Gasteiger charge is 2.42. The van der Waals surface area contributed by atoms with E-state index in [0.717, 1.165) is 0 Å². The molecule has 0 radical (unpaired) electrons. The molecule has 5 nitrogen and oxygen atoms in total. The Morgan fingerprint density at radius 1 is 1.60 bits per heavy atom. The summed E-state index contributed by atoms with van der Waals surface area (Å²) in [4.78, 5) is 17.7. The first-order valence-corrected chi connectivity index (χ1v) is 4.87. The first kappa shape index (κ1) is 10.2. The number of carbonyl (C=O) groups excluding carboxylic acids is 1. The lowest BCUT2D eigenvalue weighted by molar-refractivity contribution is -0.0951. The van der Waals surface area contributed by atoms with Gasteiger partial charge >= 0.3 is 0 Å². The minimum Gasteiger partial charge on any atom is -0.375 e. The van der Waals surface area contributed by atoms with Crippen molar-refractivity contribution in [3.05, 3.63) is 18.2 Å². The molecule has 0 aromatic carbocycles. The predicted molar refractivity (Wildman–Crippen MR) is 54.5 cm³/mol. The van der Waals surface area contributed by atoms with Gasteiger partial charge < -0.3 is 14.2 Å². The maximum absolute atomic E-state index is 11.9. The fourth-order valence-corrected chi connectivity index (χ4v) is 1.75. The first-order chi connectivity index (χ1) is 7.06. The Hall–Kier alpha value is -1.36. The molecule has 0 atom stereocenters. The zero-order chi connectivity index (χ0) is 11.1. The second kappa shape index (κ2) is 3.34. The predicted octanol–water partition coefficient (Wildman–Crippen LogP) is 0.281. The van der Waals surface area contributed by atoms with E-state index in [4.69, 9.17) is 4.74 Å². The smallest absolute Gasteiger partial charge is 0.290 e. The molecule has 1 aromatic rings. The van der Waals surface area contributed by atoms with Crippen LogP contribution in [0.3, 0.4) is 0 Å². The number of methoxy groups -OCH3 is 1. The van der Waals surface area contributed by atoms with E-state index < -0.39 is 0 Å². The molecule has 0 unspecified atom stereocenters. The molecule has 5 heteroatoms. The average molecular weight is 209 g/mol. The number of amides is 1. The van der Waals surface area contributed by atoms with Crippen LogP contribution in [-0.2, 0) is 11.8 Å². The summed E-state index contributed by atoms with van der Waals surface area (Å²) >= 11 is 0. The van der Waals surface area contributed by atoms with Crippen molar-refractivity contribution in [3.63, 3.8) is 0 Å². The Labute approximate surface area is 88.7 Å². The molecule has 2 rings (SSSR count). The van der Waals surface area contributed by atoms with Crippen LogP contribution in [0.25, 0.3) is 0 Å². The van der Waals surface area contributed by atoms with Gasteiger partial charge in [-0.3, -0.25) is 4.79 Å². The van der Waals surface area contributed by atoms with Gasteiger partial charge in [0.15, 0.2) is 5.82 Å². The third-order valence-corrected chi connectivity index (χ3v) is 2.84. The van der Waals surface area contributed by atoms with E-state index in [2.05, 4.69) is 4.98 Å². The summed E-state index contributed by atoms with van der Waals surface area (Å²) in [5, 5.41) is 0. The van der Waals surface area contributed by atoms with Gasteiger partial charge in [0, 0.05) is 26.6 Å². The van der Waals surface area contributed by atoms with Crippen LogP contribution in [0.1, 0.15) is 17.5 Å². The van der Waals surface area contributed by atoms with E-state index in [9.17, 15) is 4.79 Å². The summed E-state index contributed by atoms with van der Waals surface area (Å²) < 4.78 is 7.01. The van der Waals surface area contributed by atoms with Gasteiger partial charge in [-0.2, -0.15) is 0 Å². The lowest BCUT2D eigenvalue weighted by atomic mass is 9.96. The molecule has 0 spiro atoms. The summed E-state index contributed by atoms with van der Waals surface area (Å²) in [7, 11) is 3.48. The Balaban J connectivity index is 2.04. The Kier molecular flexibility index (Phi) is 2.26. The van der Waals surface area contributed by atoms with Crippen LogP contribution in [0.5, 0.6) is 0 Å². The molecule has 1 aliphatic heterocycles. The molecule has 82 valence electrons. The number of aryl methyl sites for hydroxylation is 1. The van der Waals surface area contributed by atoms with Crippen molar-refractivity contribution in [3.8, 4) is 0 Å². The Morgan fingerprint density at radius 2 is 2.27 bits per heavy atom. The van der Waals surface area contributed by atoms with Crippen LogP contribution in [0.2, 0.25) is 0 Å². The lowest BCUT2D eigenvalue weighted by Gasteiger charge is -2.46. The van der Waals surface area contributed by atoms with Crippen molar-refractivity contribution in [1.29, 1.82) is 0 Å². The second-order valence-corrected chi connectivity index (χ2v) is 4.18. The molecule has 0 bridgehead atoms. The molecule has 1 amide bonds. The van der Waals surface area contributed by atoms with Gasteiger partial charge in [0.2, 0.25) is 0 Å². The minimum atomic E-state index is -0.180. The first-order valence-electron chi connectivity index (χ1n) is 4.87. The fourth-order valence-electron chi connectivity index (χ4n) is 1.75. The van der Waals surface area contributed by atoms with Crippen molar-refractivity contribution < 1.29 is 9.53 Å². The van der Waals surface area contributed by atoms with Gasteiger partial charge in [0.05, 0.1) is 13.1 Å². The molecular formula is C10H15N3O2. The van der Waals surface area contributed by atoms with E-state index in [-0.39, 0.29) is 11.5 Å². The number of carbonyl (C=O) groups is 1. The quantitative estimate of drug-likeness (QED) is 0.703. The highest BCUT2D eigenvalue weighted by molar-refractivity contribution is 5.91. The maximum Gasteiger partial charge on any atom is 0.290 e. The van der Waals surface area contributed by atoms with E-state index in [1.165, 1.54) is 0 Å². The summed E-state index contributed by atoms with van der Waals surface area (Å²) in [5.74, 6) is 0.449. The summed E-state index contributed by atoms with van der Waals surface area (Å²) in [5.41, 5.74) is -0.180. The normalized spacial score (nSPS) is 18.7. The van der Waals surface area contributed by atoms with Crippen LogP contribution in [0.15, 0.2) is 12.4 Å². The van der Waals surface area contributed by atoms with Crippen LogP contribution in [0.4, 0.5) is 0 Å². The second-order valence-electron chi connectivity index (χ2n) is 4.18. The Morgan fingerprint density at radius 3 is 2.73 bits per heavy atom. The molecule has 0 aliphatic carbocycles. The number of hydrogen-bond acceptors (Lipinski definition) is 3. The van der Waals surface area contributed by atoms with Gasteiger partial charge in [-0.25, -0.2) is 4.98 Å². The van der Waals surface area contributed by atoms with Crippen LogP contribution in [-0.4, -0.2) is 46.2 Å². The molecule has 1 aliphatic rings.